The summed E-state index contributed by atoms with van der Waals surface area (Å²) in [6, 6.07) is 25.7. The predicted octanol–water partition coefficient (Wildman–Crippen LogP) is 8.18. The average Bonchev–Trinajstić information content (AvgIpc) is 3.06. The molecule has 3 aromatic rings. The molecule has 1 saturated carbocycles. The second kappa shape index (κ2) is 15.2. The van der Waals surface area contributed by atoms with Crippen LogP contribution in [0.5, 0.6) is 0 Å². The maximum atomic E-state index is 13.8. The number of carbonyl (C=O) groups excluding carboxylic acids is 2. The first-order chi connectivity index (χ1) is 20.9. The van der Waals surface area contributed by atoms with Gasteiger partial charge in [-0.2, -0.15) is 0 Å². The van der Waals surface area contributed by atoms with Gasteiger partial charge in [-0.3, -0.25) is 9.59 Å². The summed E-state index contributed by atoms with van der Waals surface area (Å²) in [5.74, 6) is 0.317. The van der Waals surface area contributed by atoms with Crippen LogP contribution in [0.1, 0.15) is 83.6 Å². The van der Waals surface area contributed by atoms with E-state index in [1.54, 1.807) is 0 Å². The molecule has 7 heteroatoms. The van der Waals surface area contributed by atoms with Crippen LogP contribution in [-0.2, 0) is 0 Å². The SMILES string of the molecule is CN(C[C@@H](CCN1CCC(N(C(=O)c2ccccc2)C2CCCCC2)CC1)c1ccc(Cl)c(Cl)c1)C(=O)c1ccccc1. The molecule has 2 aliphatic rings. The highest BCUT2D eigenvalue weighted by atomic mass is 35.5. The molecule has 2 fully saturated rings. The maximum absolute atomic E-state index is 13.8. The minimum absolute atomic E-state index is 0.0114. The Morgan fingerprint density at radius 2 is 1.35 bits per heavy atom. The fourth-order valence-corrected chi connectivity index (χ4v) is 7.13. The Kier molecular flexibility index (Phi) is 11.2. The summed E-state index contributed by atoms with van der Waals surface area (Å²) in [6.07, 6.45) is 8.77. The minimum Gasteiger partial charge on any atom is -0.341 e. The minimum atomic E-state index is 0.0114. The number of hydrogen-bond donors (Lipinski definition) is 0. The van der Waals surface area contributed by atoms with E-state index in [2.05, 4.69) is 9.80 Å². The summed E-state index contributed by atoms with van der Waals surface area (Å²) in [4.78, 5) is 33.5. The zero-order chi connectivity index (χ0) is 30.2. The highest BCUT2D eigenvalue weighted by Gasteiger charge is 2.34. The van der Waals surface area contributed by atoms with Crippen molar-refractivity contribution in [1.29, 1.82) is 0 Å². The number of nitrogens with zero attached hydrogens (tertiary/aromatic N) is 3. The molecule has 0 spiro atoms. The van der Waals surface area contributed by atoms with Gasteiger partial charge >= 0.3 is 0 Å². The van der Waals surface area contributed by atoms with Crippen molar-refractivity contribution in [2.24, 2.45) is 0 Å². The van der Waals surface area contributed by atoms with Crippen molar-refractivity contribution in [2.45, 2.75) is 69.4 Å². The molecule has 2 amide bonds. The summed E-state index contributed by atoms with van der Waals surface area (Å²) in [7, 11) is 1.87. The molecule has 1 aliphatic heterocycles. The van der Waals surface area contributed by atoms with E-state index in [0.29, 0.717) is 28.2 Å². The standard InChI is InChI=1S/C36H43Cl2N3O2/c1-39(35(42)27-11-5-2-6-12-27)26-30(29-17-18-33(37)34(38)25-29)19-22-40-23-20-32(21-24-40)41(31-15-9-4-10-16-31)36(43)28-13-7-3-8-14-28/h2-3,5-8,11-14,17-18,25,30-32H,4,9-10,15-16,19-24,26H2,1H3/t30-/m1/s1. The van der Waals surface area contributed by atoms with E-state index in [1.165, 1.54) is 19.3 Å². The molecule has 1 atom stereocenters. The topological polar surface area (TPSA) is 43.9 Å². The van der Waals surface area contributed by atoms with Gasteiger partial charge in [0.1, 0.15) is 0 Å². The Morgan fingerprint density at radius 1 is 0.767 bits per heavy atom. The molecule has 1 heterocycles. The van der Waals surface area contributed by atoms with Gasteiger partial charge < -0.3 is 14.7 Å². The van der Waals surface area contributed by atoms with E-state index < -0.39 is 0 Å². The first-order valence-electron chi connectivity index (χ1n) is 15.8. The number of hydrogen-bond acceptors (Lipinski definition) is 3. The van der Waals surface area contributed by atoms with Crippen LogP contribution in [0.25, 0.3) is 0 Å². The maximum Gasteiger partial charge on any atom is 0.254 e. The lowest BCUT2D eigenvalue weighted by atomic mass is 9.90. The van der Waals surface area contributed by atoms with E-state index in [1.807, 2.05) is 90.8 Å². The largest absolute Gasteiger partial charge is 0.341 e. The fraction of sp³-hybridized carbons (Fsp3) is 0.444. The van der Waals surface area contributed by atoms with Gasteiger partial charge in [-0.05, 0) is 80.6 Å². The average molecular weight is 621 g/mol. The highest BCUT2D eigenvalue weighted by molar-refractivity contribution is 6.42. The first kappa shape index (κ1) is 31.6. The van der Waals surface area contributed by atoms with Crippen molar-refractivity contribution in [3.8, 4) is 0 Å². The van der Waals surface area contributed by atoms with Crippen LogP contribution in [0.15, 0.2) is 78.9 Å². The summed E-state index contributed by atoms with van der Waals surface area (Å²) < 4.78 is 0. The molecular weight excluding hydrogens is 577 g/mol. The predicted molar refractivity (Wildman–Crippen MR) is 176 cm³/mol. The molecule has 0 bridgehead atoms. The molecule has 1 saturated heterocycles. The Bertz CT molecular complexity index is 1340. The molecular formula is C36H43Cl2N3O2. The van der Waals surface area contributed by atoms with E-state index in [9.17, 15) is 9.59 Å². The summed E-state index contributed by atoms with van der Waals surface area (Å²) in [6.45, 7) is 3.43. The normalized spacial score (nSPS) is 17.4. The van der Waals surface area contributed by atoms with Gasteiger partial charge in [0.15, 0.2) is 0 Å². The van der Waals surface area contributed by atoms with Crippen LogP contribution in [0.4, 0.5) is 0 Å². The van der Waals surface area contributed by atoms with Gasteiger partial charge in [-0.15, -0.1) is 0 Å². The molecule has 0 unspecified atom stereocenters. The Hall–Kier alpha value is -2.86. The lowest BCUT2D eigenvalue weighted by molar-refractivity contribution is 0.0368. The van der Waals surface area contributed by atoms with Crippen LogP contribution >= 0.6 is 23.2 Å². The van der Waals surface area contributed by atoms with Crippen molar-refractivity contribution in [3.63, 3.8) is 0 Å². The third-order valence-electron chi connectivity index (χ3n) is 9.24. The summed E-state index contributed by atoms with van der Waals surface area (Å²) in [5.41, 5.74) is 2.58. The second-order valence-corrected chi connectivity index (χ2v) is 13.0. The number of likely N-dealkylation sites (N-methyl/N-ethyl adjacent to an activating group) is 1. The third-order valence-corrected chi connectivity index (χ3v) is 9.98. The summed E-state index contributed by atoms with van der Waals surface area (Å²) >= 11 is 12.7. The van der Waals surface area contributed by atoms with Crippen LogP contribution in [0.3, 0.4) is 0 Å². The number of halogens is 2. The Labute approximate surface area is 266 Å². The van der Waals surface area contributed by atoms with E-state index >= 15 is 0 Å². The van der Waals surface area contributed by atoms with Gasteiger partial charge in [0.05, 0.1) is 10.0 Å². The number of likely N-dealkylation sites (tertiary alicyclic amines) is 1. The second-order valence-electron chi connectivity index (χ2n) is 12.2. The van der Waals surface area contributed by atoms with Gasteiger partial charge in [0.25, 0.3) is 11.8 Å². The Balaban J connectivity index is 1.24. The quantitative estimate of drug-likeness (QED) is 0.230. The van der Waals surface area contributed by atoms with E-state index in [0.717, 1.165) is 62.9 Å². The number of benzene rings is 3. The number of amides is 2. The molecule has 0 radical (unpaired) electrons. The third kappa shape index (κ3) is 8.20. The zero-order valence-corrected chi connectivity index (χ0v) is 26.6. The smallest absolute Gasteiger partial charge is 0.254 e. The van der Waals surface area contributed by atoms with Crippen LogP contribution in [0, 0.1) is 0 Å². The van der Waals surface area contributed by atoms with Crippen molar-refractivity contribution in [2.75, 3.05) is 33.2 Å². The number of carbonyl (C=O) groups is 2. The molecule has 43 heavy (non-hydrogen) atoms. The molecule has 0 aromatic heterocycles. The lowest BCUT2D eigenvalue weighted by Gasteiger charge is -2.44. The number of rotatable bonds is 10. The van der Waals surface area contributed by atoms with E-state index in [-0.39, 0.29) is 23.8 Å². The van der Waals surface area contributed by atoms with Crippen LogP contribution in [-0.4, -0.2) is 71.8 Å². The monoisotopic (exact) mass is 619 g/mol. The first-order valence-corrected chi connectivity index (χ1v) is 16.5. The van der Waals surface area contributed by atoms with Crippen molar-refractivity contribution >= 4 is 35.0 Å². The van der Waals surface area contributed by atoms with Gasteiger partial charge in [0, 0.05) is 55.8 Å². The molecule has 0 N–H and O–H groups in total. The van der Waals surface area contributed by atoms with Crippen molar-refractivity contribution in [1.82, 2.24) is 14.7 Å². The zero-order valence-electron chi connectivity index (χ0n) is 25.1. The lowest BCUT2D eigenvalue weighted by Crippen LogP contribution is -2.52. The molecule has 1 aliphatic carbocycles. The highest BCUT2D eigenvalue weighted by Crippen LogP contribution is 2.32. The summed E-state index contributed by atoms with van der Waals surface area (Å²) in [5, 5.41) is 1.07. The molecule has 5 rings (SSSR count). The Morgan fingerprint density at radius 3 is 1.95 bits per heavy atom. The van der Waals surface area contributed by atoms with Crippen molar-refractivity contribution < 1.29 is 9.59 Å². The van der Waals surface area contributed by atoms with E-state index in [4.69, 9.17) is 23.2 Å². The van der Waals surface area contributed by atoms with Crippen molar-refractivity contribution in [3.05, 3.63) is 106 Å². The van der Waals surface area contributed by atoms with Gasteiger partial charge in [-0.25, -0.2) is 0 Å². The van der Waals surface area contributed by atoms with Crippen LogP contribution in [0.2, 0.25) is 10.0 Å². The van der Waals surface area contributed by atoms with Crippen LogP contribution < -0.4 is 0 Å². The van der Waals surface area contributed by atoms with Gasteiger partial charge in [-0.1, -0.05) is 84.9 Å². The fourth-order valence-electron chi connectivity index (χ4n) is 6.82. The number of piperidine rings is 1. The molecule has 228 valence electrons. The van der Waals surface area contributed by atoms with Gasteiger partial charge in [0.2, 0.25) is 0 Å². The molecule has 3 aromatic carbocycles. The molecule has 5 nitrogen and oxygen atoms in total.